The Hall–Kier alpha value is -3.97. The maximum absolute atomic E-state index is 12.1. The number of aromatic amines is 1. The van der Waals surface area contributed by atoms with E-state index in [4.69, 9.17) is 16.7 Å². The van der Waals surface area contributed by atoms with Crippen LogP contribution in [0.2, 0.25) is 5.02 Å². The third-order valence-electron chi connectivity index (χ3n) is 7.48. The molecule has 1 saturated heterocycles. The molecule has 0 saturated carbocycles. The maximum Gasteiger partial charge on any atom is 0.245 e. The van der Waals surface area contributed by atoms with Gasteiger partial charge in [0.1, 0.15) is 5.69 Å². The summed E-state index contributed by atoms with van der Waals surface area (Å²) in [5, 5.41) is 16.5. The van der Waals surface area contributed by atoms with Crippen molar-refractivity contribution >= 4 is 39.2 Å². The number of piperidine rings is 1. The topological polar surface area (TPSA) is 79.7 Å². The van der Waals surface area contributed by atoms with Gasteiger partial charge in [-0.2, -0.15) is 10.2 Å². The van der Waals surface area contributed by atoms with Crippen molar-refractivity contribution in [1.29, 1.82) is 0 Å². The molecule has 1 N–H and O–H groups in total. The Bertz CT molecular complexity index is 1680. The van der Waals surface area contributed by atoms with E-state index in [1.54, 1.807) is 0 Å². The molecule has 0 radical (unpaired) electrons. The van der Waals surface area contributed by atoms with E-state index in [-0.39, 0.29) is 11.9 Å². The number of pyridine rings is 1. The van der Waals surface area contributed by atoms with Crippen LogP contribution in [0.3, 0.4) is 0 Å². The second-order valence-corrected chi connectivity index (χ2v) is 10.0. The predicted octanol–water partition coefficient (Wildman–Crippen LogP) is 6.26. The first-order chi connectivity index (χ1) is 18.0. The third kappa shape index (κ3) is 3.90. The van der Waals surface area contributed by atoms with Gasteiger partial charge >= 0.3 is 0 Å². The molecule has 0 spiro atoms. The molecule has 37 heavy (non-hydrogen) atoms. The SMILES string of the molecule is C=CC(=O)N1CCC(n2nc(-c3ccc4cnccc4c3)c(-c3c(Cl)c(C)cc4[nH]ncc34)c2C)CC1. The summed E-state index contributed by atoms with van der Waals surface area (Å²) in [7, 11) is 0. The molecule has 1 amide bonds. The van der Waals surface area contributed by atoms with Gasteiger partial charge in [0.05, 0.1) is 22.8 Å². The zero-order chi connectivity index (χ0) is 25.7. The van der Waals surface area contributed by atoms with Crippen molar-refractivity contribution in [1.82, 2.24) is 29.9 Å². The fourth-order valence-electron chi connectivity index (χ4n) is 5.51. The number of carbonyl (C=O) groups excluding carboxylic acids is 1. The van der Waals surface area contributed by atoms with E-state index in [1.807, 2.05) is 42.5 Å². The average Bonchev–Trinajstić information content (AvgIpc) is 3.53. The van der Waals surface area contributed by atoms with Crippen LogP contribution in [0.4, 0.5) is 0 Å². The lowest BCUT2D eigenvalue weighted by atomic mass is 9.94. The molecule has 0 atom stereocenters. The van der Waals surface area contributed by atoms with Crippen molar-refractivity contribution in [2.75, 3.05) is 13.1 Å². The van der Waals surface area contributed by atoms with Crippen LogP contribution >= 0.6 is 11.6 Å². The predicted molar refractivity (Wildman–Crippen MR) is 148 cm³/mol. The summed E-state index contributed by atoms with van der Waals surface area (Å²) in [6.07, 6.45) is 8.55. The number of rotatable bonds is 4. The summed E-state index contributed by atoms with van der Waals surface area (Å²) in [5.41, 5.74) is 6.83. The minimum atomic E-state index is -0.0171. The highest BCUT2D eigenvalue weighted by Crippen LogP contribution is 2.44. The van der Waals surface area contributed by atoms with Crippen LogP contribution in [-0.4, -0.2) is 48.9 Å². The second kappa shape index (κ2) is 9.16. The lowest BCUT2D eigenvalue weighted by Gasteiger charge is -2.32. The van der Waals surface area contributed by atoms with Crippen LogP contribution in [0, 0.1) is 13.8 Å². The van der Waals surface area contributed by atoms with E-state index in [0.29, 0.717) is 18.1 Å². The Kier molecular flexibility index (Phi) is 5.80. The van der Waals surface area contributed by atoms with Crippen molar-refractivity contribution in [3.05, 3.63) is 77.9 Å². The van der Waals surface area contributed by atoms with Gasteiger partial charge in [0.25, 0.3) is 0 Å². The Morgan fingerprint density at radius 1 is 1.11 bits per heavy atom. The largest absolute Gasteiger partial charge is 0.339 e. The monoisotopic (exact) mass is 510 g/mol. The molecule has 2 aromatic carbocycles. The first kappa shape index (κ1) is 23.4. The Labute approximate surface area is 219 Å². The molecule has 1 fully saturated rings. The van der Waals surface area contributed by atoms with Gasteiger partial charge in [-0.15, -0.1) is 0 Å². The van der Waals surface area contributed by atoms with Gasteiger partial charge in [-0.05, 0) is 61.9 Å². The Morgan fingerprint density at radius 3 is 2.70 bits per heavy atom. The van der Waals surface area contributed by atoms with Crippen molar-refractivity contribution < 1.29 is 4.79 Å². The Morgan fingerprint density at radius 2 is 1.92 bits per heavy atom. The zero-order valence-corrected chi connectivity index (χ0v) is 21.6. The highest BCUT2D eigenvalue weighted by Gasteiger charge is 2.29. The van der Waals surface area contributed by atoms with Crippen LogP contribution in [0.15, 0.2) is 61.6 Å². The smallest absolute Gasteiger partial charge is 0.245 e. The molecule has 186 valence electrons. The molecule has 1 aliphatic heterocycles. The number of likely N-dealkylation sites (tertiary alicyclic amines) is 1. The molecule has 7 nitrogen and oxygen atoms in total. The number of nitrogens with one attached hydrogen (secondary N) is 1. The highest BCUT2D eigenvalue weighted by atomic mass is 35.5. The molecule has 1 aliphatic rings. The number of benzene rings is 2. The number of nitrogens with zero attached hydrogens (tertiary/aromatic N) is 5. The van der Waals surface area contributed by atoms with Crippen LogP contribution in [0.5, 0.6) is 0 Å². The maximum atomic E-state index is 12.1. The number of carbonyl (C=O) groups is 1. The molecule has 3 aromatic heterocycles. The van der Waals surface area contributed by atoms with Gasteiger partial charge in [0.15, 0.2) is 0 Å². The van der Waals surface area contributed by atoms with E-state index in [2.05, 4.69) is 51.6 Å². The van der Waals surface area contributed by atoms with Gasteiger partial charge in [0, 0.05) is 58.6 Å². The average molecular weight is 511 g/mol. The first-order valence-electron chi connectivity index (χ1n) is 12.4. The number of halogens is 1. The van der Waals surface area contributed by atoms with Gasteiger partial charge in [0.2, 0.25) is 5.91 Å². The molecule has 0 bridgehead atoms. The summed E-state index contributed by atoms with van der Waals surface area (Å²) >= 11 is 7.01. The number of amides is 1. The van der Waals surface area contributed by atoms with Crippen molar-refractivity contribution in [2.24, 2.45) is 0 Å². The molecular formula is C29H27ClN6O. The molecule has 8 heteroatoms. The Balaban J connectivity index is 1.55. The normalized spacial score (nSPS) is 14.5. The second-order valence-electron chi connectivity index (χ2n) is 9.67. The number of aromatic nitrogens is 5. The molecule has 0 aliphatic carbocycles. The summed E-state index contributed by atoms with van der Waals surface area (Å²) in [5.74, 6) is -0.0171. The fourth-order valence-corrected chi connectivity index (χ4v) is 5.76. The van der Waals surface area contributed by atoms with Crippen LogP contribution in [0.1, 0.15) is 30.1 Å². The van der Waals surface area contributed by atoms with Crippen LogP contribution in [0.25, 0.3) is 44.1 Å². The van der Waals surface area contributed by atoms with E-state index in [0.717, 1.165) is 68.2 Å². The number of hydrogen-bond acceptors (Lipinski definition) is 4. The number of aryl methyl sites for hydroxylation is 1. The van der Waals surface area contributed by atoms with Gasteiger partial charge in [-0.1, -0.05) is 30.3 Å². The quantitative estimate of drug-likeness (QED) is 0.289. The zero-order valence-electron chi connectivity index (χ0n) is 20.8. The first-order valence-corrected chi connectivity index (χ1v) is 12.8. The molecule has 4 heterocycles. The highest BCUT2D eigenvalue weighted by molar-refractivity contribution is 6.36. The summed E-state index contributed by atoms with van der Waals surface area (Å²) < 4.78 is 2.14. The van der Waals surface area contributed by atoms with Gasteiger partial charge < -0.3 is 4.90 Å². The molecule has 0 unspecified atom stereocenters. The number of fused-ring (bicyclic) bond motifs is 2. The van der Waals surface area contributed by atoms with Gasteiger partial charge in [-0.3, -0.25) is 19.6 Å². The van der Waals surface area contributed by atoms with Crippen LogP contribution < -0.4 is 0 Å². The third-order valence-corrected chi connectivity index (χ3v) is 7.96. The van der Waals surface area contributed by atoms with E-state index < -0.39 is 0 Å². The lowest BCUT2D eigenvalue weighted by Crippen LogP contribution is -2.38. The minimum Gasteiger partial charge on any atom is -0.339 e. The van der Waals surface area contributed by atoms with Gasteiger partial charge in [-0.25, -0.2) is 0 Å². The summed E-state index contributed by atoms with van der Waals surface area (Å²) in [6.45, 7) is 9.12. The van der Waals surface area contributed by atoms with E-state index in [1.165, 1.54) is 6.08 Å². The van der Waals surface area contributed by atoms with E-state index >= 15 is 0 Å². The van der Waals surface area contributed by atoms with Crippen LogP contribution in [-0.2, 0) is 4.79 Å². The fraction of sp³-hybridized carbons (Fsp3) is 0.241. The van der Waals surface area contributed by atoms with E-state index in [9.17, 15) is 4.79 Å². The number of hydrogen-bond donors (Lipinski definition) is 1. The molecule has 5 aromatic rings. The molecule has 6 rings (SSSR count). The van der Waals surface area contributed by atoms with Crippen molar-refractivity contribution in [2.45, 2.75) is 32.7 Å². The van der Waals surface area contributed by atoms with Crippen molar-refractivity contribution in [3.8, 4) is 22.4 Å². The summed E-state index contributed by atoms with van der Waals surface area (Å²) in [6, 6.07) is 10.6. The number of H-pyrrole nitrogens is 1. The van der Waals surface area contributed by atoms with Crippen molar-refractivity contribution in [3.63, 3.8) is 0 Å². The standard InChI is InChI=1S/C29H27ClN6O/c1-4-25(37)35-11-8-22(9-12-35)36-18(3)26(27-23-16-32-33-24(23)13-17(2)28(27)30)29(34-36)20-5-6-21-15-31-10-7-19(21)14-20/h4-7,10,13-16,22H,1,8-9,11-12H2,2-3H3,(H,32,33). The lowest BCUT2D eigenvalue weighted by molar-refractivity contribution is -0.127. The summed E-state index contributed by atoms with van der Waals surface area (Å²) in [4.78, 5) is 18.2. The minimum absolute atomic E-state index is 0.0171. The molecular weight excluding hydrogens is 484 g/mol.